The molecule has 0 aliphatic carbocycles. The number of furan rings is 1. The van der Waals surface area contributed by atoms with E-state index in [0.29, 0.717) is 35.4 Å². The summed E-state index contributed by atoms with van der Waals surface area (Å²) in [7, 11) is 0. The number of amides is 1. The molecule has 4 rings (SSSR count). The van der Waals surface area contributed by atoms with Gasteiger partial charge in [-0.05, 0) is 42.7 Å². The number of fused-ring (bicyclic) bond motifs is 1. The molecule has 10 nitrogen and oxygen atoms in total. The fraction of sp³-hybridized carbons (Fsp3) is 0.318. The Hall–Kier alpha value is -3.95. The van der Waals surface area contributed by atoms with E-state index in [-0.39, 0.29) is 23.5 Å². The lowest BCUT2D eigenvalue weighted by atomic mass is 10.0. The van der Waals surface area contributed by atoms with Crippen LogP contribution in [0.3, 0.4) is 0 Å². The maximum absolute atomic E-state index is 12.4. The predicted octanol–water partition coefficient (Wildman–Crippen LogP) is 2.87. The first-order valence-electron chi connectivity index (χ1n) is 10.3. The van der Waals surface area contributed by atoms with Crippen molar-refractivity contribution in [3.05, 3.63) is 69.0 Å². The SMILES string of the molecule is CCCn1c(=O)c(=O)[nH]c2cc(-c3noc([C@H](NC(=O)c4ccco4)C(C)C)n3)ccc21. The zero-order valence-electron chi connectivity index (χ0n) is 17.9. The Morgan fingerprint density at radius 2 is 2.06 bits per heavy atom. The number of carbonyl (C=O) groups excluding carboxylic acids is 1. The number of carbonyl (C=O) groups is 1. The van der Waals surface area contributed by atoms with Crippen LogP contribution >= 0.6 is 0 Å². The van der Waals surface area contributed by atoms with Crippen molar-refractivity contribution < 1.29 is 13.7 Å². The van der Waals surface area contributed by atoms with E-state index in [1.54, 1.807) is 30.3 Å². The van der Waals surface area contributed by atoms with Crippen LogP contribution in [-0.4, -0.2) is 25.6 Å². The molecule has 1 aromatic carbocycles. The summed E-state index contributed by atoms with van der Waals surface area (Å²) >= 11 is 0. The van der Waals surface area contributed by atoms with Crippen LogP contribution in [-0.2, 0) is 6.54 Å². The van der Waals surface area contributed by atoms with E-state index in [1.165, 1.54) is 10.8 Å². The summed E-state index contributed by atoms with van der Waals surface area (Å²) in [4.78, 5) is 43.7. The molecule has 0 saturated carbocycles. The van der Waals surface area contributed by atoms with Crippen LogP contribution in [0.25, 0.3) is 22.4 Å². The fourth-order valence-corrected chi connectivity index (χ4v) is 3.48. The summed E-state index contributed by atoms with van der Waals surface area (Å²) < 4.78 is 12.0. The average Bonchev–Trinajstić information content (AvgIpc) is 3.47. The lowest BCUT2D eigenvalue weighted by Crippen LogP contribution is -2.36. The van der Waals surface area contributed by atoms with Crippen molar-refractivity contribution in [2.75, 3.05) is 0 Å². The van der Waals surface area contributed by atoms with Crippen molar-refractivity contribution in [3.63, 3.8) is 0 Å². The number of nitrogens with one attached hydrogen (secondary N) is 2. The third-order valence-electron chi connectivity index (χ3n) is 5.09. The van der Waals surface area contributed by atoms with E-state index in [1.807, 2.05) is 20.8 Å². The molecule has 0 unspecified atom stereocenters. The van der Waals surface area contributed by atoms with Crippen molar-refractivity contribution >= 4 is 16.9 Å². The molecule has 10 heteroatoms. The highest BCUT2D eigenvalue weighted by atomic mass is 16.5. The molecule has 0 saturated heterocycles. The molecule has 2 N–H and O–H groups in total. The van der Waals surface area contributed by atoms with Crippen LogP contribution in [0, 0.1) is 5.92 Å². The molecular weight excluding hydrogens is 414 g/mol. The molecule has 0 aliphatic heterocycles. The van der Waals surface area contributed by atoms with Gasteiger partial charge in [0.2, 0.25) is 11.7 Å². The average molecular weight is 437 g/mol. The summed E-state index contributed by atoms with van der Waals surface area (Å²) in [6.45, 7) is 6.22. The Morgan fingerprint density at radius 1 is 1.25 bits per heavy atom. The van der Waals surface area contributed by atoms with Crippen molar-refractivity contribution in [1.29, 1.82) is 0 Å². The Bertz CT molecular complexity index is 1360. The lowest BCUT2D eigenvalue weighted by molar-refractivity contribution is 0.0885. The summed E-state index contributed by atoms with van der Waals surface area (Å²) in [6, 6.07) is 7.87. The molecule has 166 valence electrons. The lowest BCUT2D eigenvalue weighted by Gasteiger charge is -2.17. The minimum atomic E-state index is -0.683. The maximum Gasteiger partial charge on any atom is 0.316 e. The quantitative estimate of drug-likeness (QED) is 0.424. The first kappa shape index (κ1) is 21.3. The third-order valence-corrected chi connectivity index (χ3v) is 5.09. The zero-order valence-corrected chi connectivity index (χ0v) is 17.9. The van der Waals surface area contributed by atoms with Gasteiger partial charge in [-0.2, -0.15) is 4.98 Å². The maximum atomic E-state index is 12.4. The van der Waals surface area contributed by atoms with Gasteiger partial charge in [-0.25, -0.2) is 0 Å². The van der Waals surface area contributed by atoms with Gasteiger partial charge < -0.3 is 23.8 Å². The molecule has 1 amide bonds. The summed E-state index contributed by atoms with van der Waals surface area (Å²) in [5.41, 5.74) is 0.455. The Labute approximate surface area is 182 Å². The van der Waals surface area contributed by atoms with E-state index in [4.69, 9.17) is 8.94 Å². The van der Waals surface area contributed by atoms with Crippen LogP contribution in [0.1, 0.15) is 49.7 Å². The van der Waals surface area contributed by atoms with Crippen molar-refractivity contribution in [1.82, 2.24) is 25.0 Å². The molecule has 0 aliphatic rings. The monoisotopic (exact) mass is 437 g/mol. The van der Waals surface area contributed by atoms with Crippen LogP contribution in [0.5, 0.6) is 0 Å². The van der Waals surface area contributed by atoms with E-state index in [2.05, 4.69) is 20.4 Å². The first-order valence-corrected chi connectivity index (χ1v) is 10.3. The number of hydrogen-bond acceptors (Lipinski definition) is 7. The van der Waals surface area contributed by atoms with Crippen LogP contribution in [0.4, 0.5) is 0 Å². The molecule has 0 fully saturated rings. The first-order chi connectivity index (χ1) is 15.4. The highest BCUT2D eigenvalue weighted by Crippen LogP contribution is 2.25. The molecular formula is C22H23N5O5. The number of aryl methyl sites for hydroxylation is 1. The van der Waals surface area contributed by atoms with Gasteiger partial charge in [0, 0.05) is 12.1 Å². The second-order valence-corrected chi connectivity index (χ2v) is 7.77. The van der Waals surface area contributed by atoms with Gasteiger partial charge in [0.1, 0.15) is 6.04 Å². The third kappa shape index (κ3) is 3.98. The highest BCUT2D eigenvalue weighted by molar-refractivity contribution is 5.91. The molecule has 0 radical (unpaired) electrons. The summed E-state index contributed by atoms with van der Waals surface area (Å²) in [5, 5.41) is 6.89. The van der Waals surface area contributed by atoms with Crippen LogP contribution < -0.4 is 16.4 Å². The molecule has 0 spiro atoms. The standard InChI is InChI=1S/C22H23N5O5/c1-4-9-27-15-8-7-13(11-14(15)23-20(29)22(27)30)18-25-21(32-26-18)17(12(2)3)24-19(28)16-6-5-10-31-16/h5-8,10-12,17H,4,9H2,1-3H3,(H,23,29)(H,24,28)/t17-/m1/s1. The van der Waals surface area contributed by atoms with Gasteiger partial charge in [-0.3, -0.25) is 14.4 Å². The number of benzene rings is 1. The van der Waals surface area contributed by atoms with E-state index < -0.39 is 17.2 Å². The minimum absolute atomic E-state index is 0.0290. The van der Waals surface area contributed by atoms with Gasteiger partial charge >= 0.3 is 11.1 Å². The number of nitrogens with zero attached hydrogens (tertiary/aromatic N) is 3. The number of rotatable bonds is 7. The van der Waals surface area contributed by atoms with Gasteiger partial charge in [-0.15, -0.1) is 0 Å². The molecule has 3 aromatic heterocycles. The second-order valence-electron chi connectivity index (χ2n) is 7.77. The molecule has 1 atom stereocenters. The van der Waals surface area contributed by atoms with Crippen molar-refractivity contribution in [3.8, 4) is 11.4 Å². The Morgan fingerprint density at radius 3 is 2.75 bits per heavy atom. The van der Waals surface area contributed by atoms with E-state index >= 15 is 0 Å². The van der Waals surface area contributed by atoms with Crippen LogP contribution in [0.15, 0.2) is 55.1 Å². The molecule has 4 aromatic rings. The number of H-pyrrole nitrogens is 1. The van der Waals surface area contributed by atoms with Gasteiger partial charge in [0.05, 0.1) is 17.3 Å². The largest absolute Gasteiger partial charge is 0.459 e. The second kappa shape index (κ2) is 8.66. The molecule has 0 bridgehead atoms. The topological polar surface area (TPSA) is 136 Å². The zero-order chi connectivity index (χ0) is 22.8. The smallest absolute Gasteiger partial charge is 0.316 e. The van der Waals surface area contributed by atoms with Crippen molar-refractivity contribution in [2.45, 2.75) is 39.8 Å². The van der Waals surface area contributed by atoms with Crippen LogP contribution in [0.2, 0.25) is 0 Å². The number of aromatic nitrogens is 4. The van der Waals surface area contributed by atoms with Gasteiger partial charge in [-0.1, -0.05) is 25.9 Å². The normalized spacial score (nSPS) is 12.4. The summed E-state index contributed by atoms with van der Waals surface area (Å²) in [6.07, 6.45) is 2.14. The van der Waals surface area contributed by atoms with Gasteiger partial charge in [0.25, 0.3) is 5.91 Å². The summed E-state index contributed by atoms with van der Waals surface area (Å²) in [5.74, 6) is 0.324. The molecule has 3 heterocycles. The fourth-order valence-electron chi connectivity index (χ4n) is 3.48. The minimum Gasteiger partial charge on any atom is -0.459 e. The van der Waals surface area contributed by atoms with E-state index in [0.717, 1.165) is 0 Å². The Kier molecular flexibility index (Phi) is 5.76. The highest BCUT2D eigenvalue weighted by Gasteiger charge is 2.26. The van der Waals surface area contributed by atoms with Crippen molar-refractivity contribution in [2.24, 2.45) is 5.92 Å². The number of aromatic amines is 1. The van der Waals surface area contributed by atoms with E-state index in [9.17, 15) is 14.4 Å². The van der Waals surface area contributed by atoms with Gasteiger partial charge in [0.15, 0.2) is 5.76 Å². The molecule has 32 heavy (non-hydrogen) atoms. The Balaban J connectivity index is 1.67. The number of hydrogen-bond donors (Lipinski definition) is 2. The predicted molar refractivity (Wildman–Crippen MR) is 116 cm³/mol.